The van der Waals surface area contributed by atoms with Gasteiger partial charge in [-0.1, -0.05) is 18.2 Å². The van der Waals surface area contributed by atoms with Crippen LogP contribution in [-0.2, 0) is 11.2 Å². The predicted octanol–water partition coefficient (Wildman–Crippen LogP) is 3.32. The summed E-state index contributed by atoms with van der Waals surface area (Å²) in [6.45, 7) is 5.00. The summed E-state index contributed by atoms with van der Waals surface area (Å²) in [5.74, 6) is -0.333. The van der Waals surface area contributed by atoms with Gasteiger partial charge in [-0.25, -0.2) is 9.78 Å². The van der Waals surface area contributed by atoms with Crippen LogP contribution in [0.25, 0.3) is 0 Å². The van der Waals surface area contributed by atoms with E-state index in [2.05, 4.69) is 28.1 Å². The van der Waals surface area contributed by atoms with Crippen molar-refractivity contribution in [2.24, 2.45) is 0 Å². The van der Waals surface area contributed by atoms with E-state index >= 15 is 0 Å². The SMILES string of the molecule is CCOC(=O)c1nc(N2CCc3ccccc32)sc1C. The van der Waals surface area contributed by atoms with Crippen molar-refractivity contribution in [2.75, 3.05) is 18.1 Å². The number of fused-ring (bicyclic) bond motifs is 1. The maximum Gasteiger partial charge on any atom is 0.358 e. The van der Waals surface area contributed by atoms with Crippen molar-refractivity contribution in [1.29, 1.82) is 0 Å². The van der Waals surface area contributed by atoms with Crippen LogP contribution in [0.4, 0.5) is 10.8 Å². The number of esters is 1. The first kappa shape index (κ1) is 13.1. The second-order valence-electron chi connectivity index (χ2n) is 4.65. The van der Waals surface area contributed by atoms with E-state index in [-0.39, 0.29) is 5.97 Å². The number of carbonyl (C=O) groups is 1. The molecule has 3 rings (SSSR count). The molecule has 0 saturated heterocycles. The fourth-order valence-corrected chi connectivity index (χ4v) is 3.36. The Bertz CT molecular complexity index is 651. The molecular weight excluding hydrogens is 272 g/mol. The van der Waals surface area contributed by atoms with Gasteiger partial charge >= 0.3 is 5.97 Å². The minimum absolute atomic E-state index is 0.333. The van der Waals surface area contributed by atoms with Crippen LogP contribution in [-0.4, -0.2) is 24.1 Å². The van der Waals surface area contributed by atoms with Gasteiger partial charge in [-0.05, 0) is 31.9 Å². The first-order valence-corrected chi connectivity index (χ1v) is 7.52. The predicted molar refractivity (Wildman–Crippen MR) is 80.0 cm³/mol. The van der Waals surface area contributed by atoms with E-state index in [9.17, 15) is 4.79 Å². The van der Waals surface area contributed by atoms with Crippen molar-refractivity contribution >= 4 is 28.1 Å². The molecule has 0 N–H and O–H groups in total. The van der Waals surface area contributed by atoms with E-state index < -0.39 is 0 Å². The fourth-order valence-electron chi connectivity index (χ4n) is 2.42. The van der Waals surface area contributed by atoms with Gasteiger partial charge in [0.05, 0.1) is 6.61 Å². The standard InChI is InChI=1S/C15H16N2O2S/c1-3-19-14(18)13-10(2)20-15(16-13)17-9-8-11-6-4-5-7-12(11)17/h4-7H,3,8-9H2,1-2H3. The van der Waals surface area contributed by atoms with Crippen molar-refractivity contribution in [1.82, 2.24) is 4.98 Å². The van der Waals surface area contributed by atoms with Crippen LogP contribution in [0.2, 0.25) is 0 Å². The summed E-state index contributed by atoms with van der Waals surface area (Å²) < 4.78 is 5.04. The Morgan fingerprint density at radius 2 is 2.25 bits per heavy atom. The molecule has 1 aliphatic heterocycles. The zero-order valence-corrected chi connectivity index (χ0v) is 12.4. The van der Waals surface area contributed by atoms with Gasteiger partial charge in [-0.3, -0.25) is 0 Å². The van der Waals surface area contributed by atoms with Crippen molar-refractivity contribution in [3.63, 3.8) is 0 Å². The van der Waals surface area contributed by atoms with Crippen LogP contribution in [0.5, 0.6) is 0 Å². The van der Waals surface area contributed by atoms with E-state index in [1.165, 1.54) is 11.3 Å². The highest BCUT2D eigenvalue weighted by atomic mass is 32.1. The van der Waals surface area contributed by atoms with Crippen molar-refractivity contribution in [3.8, 4) is 0 Å². The summed E-state index contributed by atoms with van der Waals surface area (Å²) in [6.07, 6.45) is 1.02. The summed E-state index contributed by atoms with van der Waals surface area (Å²) in [5, 5.41) is 0.871. The second kappa shape index (κ2) is 5.25. The highest BCUT2D eigenvalue weighted by Crippen LogP contribution is 2.37. The molecule has 2 aromatic rings. The molecule has 0 aliphatic carbocycles. The van der Waals surface area contributed by atoms with Crippen LogP contribution in [0.3, 0.4) is 0 Å². The molecule has 0 spiro atoms. The third-order valence-electron chi connectivity index (χ3n) is 3.37. The van der Waals surface area contributed by atoms with Crippen LogP contribution >= 0.6 is 11.3 Å². The molecule has 1 aliphatic rings. The molecule has 0 radical (unpaired) electrons. The number of carbonyl (C=O) groups excluding carboxylic acids is 1. The Labute approximate surface area is 122 Å². The van der Waals surface area contributed by atoms with Crippen LogP contribution in [0.1, 0.15) is 27.9 Å². The number of nitrogens with zero attached hydrogens (tertiary/aromatic N) is 2. The average molecular weight is 288 g/mol. The second-order valence-corrected chi connectivity index (χ2v) is 5.83. The molecule has 0 amide bonds. The number of thiazole rings is 1. The van der Waals surface area contributed by atoms with E-state index in [1.807, 2.05) is 13.0 Å². The van der Waals surface area contributed by atoms with E-state index in [0.29, 0.717) is 12.3 Å². The largest absolute Gasteiger partial charge is 0.461 e. The van der Waals surface area contributed by atoms with Gasteiger partial charge < -0.3 is 9.64 Å². The van der Waals surface area contributed by atoms with E-state index in [1.54, 1.807) is 18.3 Å². The third kappa shape index (κ3) is 2.18. The van der Waals surface area contributed by atoms with Crippen molar-refractivity contribution in [2.45, 2.75) is 20.3 Å². The van der Waals surface area contributed by atoms with Crippen molar-refractivity contribution in [3.05, 3.63) is 40.4 Å². The molecule has 0 saturated carbocycles. The van der Waals surface area contributed by atoms with Gasteiger partial charge in [0.2, 0.25) is 0 Å². The van der Waals surface area contributed by atoms with Crippen LogP contribution in [0, 0.1) is 6.92 Å². The van der Waals surface area contributed by atoms with Crippen LogP contribution in [0.15, 0.2) is 24.3 Å². The number of hydrogen-bond donors (Lipinski definition) is 0. The topological polar surface area (TPSA) is 42.4 Å². The zero-order chi connectivity index (χ0) is 14.1. The van der Waals surface area contributed by atoms with Gasteiger partial charge in [-0.2, -0.15) is 0 Å². The lowest BCUT2D eigenvalue weighted by atomic mass is 10.2. The quantitative estimate of drug-likeness (QED) is 0.813. The smallest absolute Gasteiger partial charge is 0.358 e. The molecule has 5 heteroatoms. The van der Waals surface area contributed by atoms with E-state index in [4.69, 9.17) is 4.74 Å². The maximum absolute atomic E-state index is 11.8. The summed E-state index contributed by atoms with van der Waals surface area (Å²) in [7, 11) is 0. The normalized spacial score (nSPS) is 13.4. The Balaban J connectivity index is 1.93. The maximum atomic E-state index is 11.8. The molecule has 2 heterocycles. The highest BCUT2D eigenvalue weighted by Gasteiger charge is 2.25. The summed E-state index contributed by atoms with van der Waals surface area (Å²) in [4.78, 5) is 19.4. The number of ether oxygens (including phenoxy) is 1. The summed E-state index contributed by atoms with van der Waals surface area (Å²) in [5.41, 5.74) is 2.96. The lowest BCUT2D eigenvalue weighted by Crippen LogP contribution is -2.13. The molecule has 1 aromatic carbocycles. The number of benzene rings is 1. The lowest BCUT2D eigenvalue weighted by molar-refractivity contribution is 0.0519. The Hall–Kier alpha value is -1.88. The molecule has 0 unspecified atom stereocenters. The lowest BCUT2D eigenvalue weighted by Gasteiger charge is -2.15. The molecule has 104 valence electrons. The summed E-state index contributed by atoms with van der Waals surface area (Å²) >= 11 is 1.54. The van der Waals surface area contributed by atoms with Gasteiger partial charge in [0.25, 0.3) is 0 Å². The minimum atomic E-state index is -0.333. The van der Waals surface area contributed by atoms with Gasteiger partial charge in [0, 0.05) is 17.1 Å². The highest BCUT2D eigenvalue weighted by molar-refractivity contribution is 7.15. The van der Waals surface area contributed by atoms with Gasteiger partial charge in [-0.15, -0.1) is 11.3 Å². The van der Waals surface area contributed by atoms with Gasteiger partial charge in [0.1, 0.15) is 0 Å². The molecular formula is C15H16N2O2S. The zero-order valence-electron chi connectivity index (χ0n) is 11.5. The molecule has 20 heavy (non-hydrogen) atoms. The first-order valence-electron chi connectivity index (χ1n) is 6.70. The number of aryl methyl sites for hydroxylation is 1. The molecule has 0 fully saturated rings. The number of rotatable bonds is 3. The Morgan fingerprint density at radius 3 is 3.05 bits per heavy atom. The number of hydrogen-bond acceptors (Lipinski definition) is 5. The first-order chi connectivity index (χ1) is 9.70. The minimum Gasteiger partial charge on any atom is -0.461 e. The van der Waals surface area contributed by atoms with Crippen LogP contribution < -0.4 is 4.90 Å². The monoisotopic (exact) mass is 288 g/mol. The Morgan fingerprint density at radius 1 is 1.45 bits per heavy atom. The molecule has 0 bridgehead atoms. The summed E-state index contributed by atoms with van der Waals surface area (Å²) in [6, 6.07) is 8.33. The fraction of sp³-hybridized carbons (Fsp3) is 0.333. The molecule has 1 aromatic heterocycles. The van der Waals surface area contributed by atoms with Crippen molar-refractivity contribution < 1.29 is 9.53 Å². The average Bonchev–Trinajstić information content (AvgIpc) is 3.02. The number of anilines is 2. The molecule has 0 atom stereocenters. The van der Waals surface area contributed by atoms with E-state index in [0.717, 1.165) is 23.0 Å². The Kier molecular flexibility index (Phi) is 3.44. The third-order valence-corrected chi connectivity index (χ3v) is 4.37. The molecule has 4 nitrogen and oxygen atoms in total. The van der Waals surface area contributed by atoms with Gasteiger partial charge in [0.15, 0.2) is 10.8 Å². The number of aromatic nitrogens is 1. The number of para-hydroxylation sites is 1.